The lowest BCUT2D eigenvalue weighted by Gasteiger charge is -2.25. The second-order valence-electron chi connectivity index (χ2n) is 9.56. The molecule has 0 aliphatic heterocycles. The molecule has 13 heteroatoms. The van der Waals surface area contributed by atoms with Crippen LogP contribution in [0, 0.1) is 0 Å². The Morgan fingerprint density at radius 1 is 1.00 bits per heavy atom. The van der Waals surface area contributed by atoms with Gasteiger partial charge in [0.05, 0.1) is 22.5 Å². The minimum absolute atomic E-state index is 0.124. The van der Waals surface area contributed by atoms with Crippen LogP contribution in [0.3, 0.4) is 0 Å². The lowest BCUT2D eigenvalue weighted by Crippen LogP contribution is -2.17. The van der Waals surface area contributed by atoms with E-state index in [0.717, 1.165) is 48.1 Å². The number of benzene rings is 2. The molecule has 3 heterocycles. The number of H-pyrrole nitrogens is 1. The maximum Gasteiger partial charge on any atom is 0.573 e. The van der Waals surface area contributed by atoms with Gasteiger partial charge in [0.15, 0.2) is 11.5 Å². The van der Waals surface area contributed by atoms with Crippen LogP contribution < -0.4 is 9.47 Å². The molecular formula is C27H23ClF3N7O2. The van der Waals surface area contributed by atoms with E-state index in [2.05, 4.69) is 30.5 Å². The van der Waals surface area contributed by atoms with E-state index < -0.39 is 12.1 Å². The second-order valence-corrected chi connectivity index (χ2v) is 9.97. The molecule has 1 aliphatic rings. The number of halogens is 4. The summed E-state index contributed by atoms with van der Waals surface area (Å²) in [6, 6.07) is 11.7. The molecule has 0 bridgehead atoms. The van der Waals surface area contributed by atoms with E-state index in [0.29, 0.717) is 28.7 Å². The van der Waals surface area contributed by atoms with Gasteiger partial charge in [0, 0.05) is 17.7 Å². The van der Waals surface area contributed by atoms with Gasteiger partial charge in [-0.15, -0.1) is 18.3 Å². The molecule has 0 saturated heterocycles. The van der Waals surface area contributed by atoms with E-state index in [1.165, 1.54) is 24.6 Å². The Morgan fingerprint density at radius 2 is 1.80 bits per heavy atom. The number of alkyl halides is 3. The summed E-state index contributed by atoms with van der Waals surface area (Å²) in [5, 5.41) is 18.7. The van der Waals surface area contributed by atoms with Gasteiger partial charge in [-0.3, -0.25) is 0 Å². The topological polar surface area (TPSA) is 103 Å². The lowest BCUT2D eigenvalue weighted by atomic mass is 9.84. The molecule has 0 unspecified atom stereocenters. The van der Waals surface area contributed by atoms with Crippen molar-refractivity contribution in [1.29, 1.82) is 0 Å². The normalized spacial score (nSPS) is 14.5. The largest absolute Gasteiger partial charge is 0.573 e. The van der Waals surface area contributed by atoms with E-state index in [1.807, 2.05) is 35.0 Å². The number of rotatable bonds is 7. The van der Waals surface area contributed by atoms with Crippen molar-refractivity contribution in [3.8, 4) is 34.0 Å². The highest BCUT2D eigenvalue weighted by atomic mass is 35.5. The lowest BCUT2D eigenvalue weighted by molar-refractivity contribution is -0.274. The van der Waals surface area contributed by atoms with Crippen molar-refractivity contribution in [3.05, 3.63) is 71.1 Å². The molecule has 3 aromatic heterocycles. The van der Waals surface area contributed by atoms with Gasteiger partial charge in [-0.05, 0) is 58.7 Å². The van der Waals surface area contributed by atoms with Crippen molar-refractivity contribution in [2.45, 2.75) is 51.0 Å². The van der Waals surface area contributed by atoms with E-state index in [4.69, 9.17) is 21.3 Å². The highest BCUT2D eigenvalue weighted by Gasteiger charge is 2.32. The van der Waals surface area contributed by atoms with Crippen LogP contribution in [-0.4, -0.2) is 41.6 Å². The summed E-state index contributed by atoms with van der Waals surface area (Å²) >= 11 is 5.95. The van der Waals surface area contributed by atoms with Crippen molar-refractivity contribution >= 4 is 17.2 Å². The molecule has 5 aromatic rings. The quantitative estimate of drug-likeness (QED) is 0.231. The van der Waals surface area contributed by atoms with Gasteiger partial charge in [0.2, 0.25) is 0 Å². The number of nitrogens with zero attached hydrogens (tertiary/aromatic N) is 6. The van der Waals surface area contributed by atoms with Crippen LogP contribution >= 0.6 is 11.6 Å². The van der Waals surface area contributed by atoms with Gasteiger partial charge in [-0.25, -0.2) is 14.6 Å². The minimum Gasteiger partial charge on any atom is -0.489 e. The highest BCUT2D eigenvalue weighted by Crippen LogP contribution is 2.39. The molecule has 1 N–H and O–H groups in total. The van der Waals surface area contributed by atoms with Gasteiger partial charge in [0.1, 0.15) is 18.1 Å². The molecule has 0 spiro atoms. The number of hydrogen-bond donors (Lipinski definition) is 1. The molecule has 206 valence electrons. The Labute approximate surface area is 231 Å². The monoisotopic (exact) mass is 569 g/mol. The predicted octanol–water partition coefficient (Wildman–Crippen LogP) is 6.76. The molecule has 1 aliphatic carbocycles. The van der Waals surface area contributed by atoms with E-state index in [-0.39, 0.29) is 11.6 Å². The zero-order chi connectivity index (χ0) is 27.7. The first-order valence-corrected chi connectivity index (χ1v) is 13.1. The number of nitrogens with one attached hydrogen (secondary N) is 1. The third kappa shape index (κ3) is 5.44. The van der Waals surface area contributed by atoms with Crippen LogP contribution in [0.15, 0.2) is 54.9 Å². The molecule has 0 radical (unpaired) electrons. The smallest absolute Gasteiger partial charge is 0.489 e. The summed E-state index contributed by atoms with van der Waals surface area (Å²) in [6.07, 6.45) is 4.48. The Kier molecular flexibility index (Phi) is 7.01. The number of aromatic nitrogens is 7. The molecule has 6 rings (SSSR count). The molecule has 0 atom stereocenters. The first kappa shape index (κ1) is 26.1. The summed E-state index contributed by atoms with van der Waals surface area (Å²) in [7, 11) is 0. The van der Waals surface area contributed by atoms with Crippen molar-refractivity contribution in [1.82, 2.24) is 35.2 Å². The zero-order valence-corrected chi connectivity index (χ0v) is 21.8. The number of hydrogen-bond acceptors (Lipinski definition) is 7. The Bertz CT molecular complexity index is 1620. The van der Waals surface area contributed by atoms with Crippen LogP contribution in [0.25, 0.3) is 28.2 Å². The third-order valence-electron chi connectivity index (χ3n) is 6.95. The first-order valence-electron chi connectivity index (χ1n) is 12.7. The van der Waals surface area contributed by atoms with Gasteiger partial charge in [-0.2, -0.15) is 5.10 Å². The number of fused-ring (bicyclic) bond motifs is 1. The standard InChI is InChI=1S/C27H23ClF3N7O2/c28-22-12-16(6-11-23(22)40-27(29,30)31)15-39-19-9-7-17(8-10-19)20-13-32-26-21(25-34-36-37-35-25)14-33-38(26)24(20)18-4-2-1-3-5-18/h6-14,18H,1-5,15H2,(H,34,35,36,37). The summed E-state index contributed by atoms with van der Waals surface area (Å²) in [6.45, 7) is 0.124. The van der Waals surface area contributed by atoms with Crippen LogP contribution in [0.2, 0.25) is 5.02 Å². The second kappa shape index (κ2) is 10.8. The molecule has 1 fully saturated rings. The highest BCUT2D eigenvalue weighted by molar-refractivity contribution is 6.32. The van der Waals surface area contributed by atoms with Gasteiger partial charge in [0.25, 0.3) is 0 Å². The first-order chi connectivity index (χ1) is 19.4. The van der Waals surface area contributed by atoms with Crippen molar-refractivity contribution in [2.24, 2.45) is 0 Å². The van der Waals surface area contributed by atoms with E-state index >= 15 is 0 Å². The maximum atomic E-state index is 12.5. The number of tetrazole rings is 1. The predicted molar refractivity (Wildman–Crippen MR) is 140 cm³/mol. The molecule has 0 amide bonds. The van der Waals surface area contributed by atoms with Gasteiger partial charge >= 0.3 is 6.36 Å². The summed E-state index contributed by atoms with van der Waals surface area (Å²) < 4.78 is 49.2. The van der Waals surface area contributed by atoms with Gasteiger partial charge in [-0.1, -0.05) is 49.1 Å². The molecule has 1 saturated carbocycles. The van der Waals surface area contributed by atoms with Crippen LogP contribution in [0.5, 0.6) is 11.5 Å². The average Bonchev–Trinajstić information content (AvgIpc) is 3.63. The number of aromatic amines is 1. The van der Waals surface area contributed by atoms with Crippen LogP contribution in [0.1, 0.15) is 49.3 Å². The fourth-order valence-electron chi connectivity index (χ4n) is 5.12. The summed E-state index contributed by atoms with van der Waals surface area (Å²) in [4.78, 5) is 4.73. The van der Waals surface area contributed by atoms with Crippen molar-refractivity contribution < 1.29 is 22.6 Å². The molecular weight excluding hydrogens is 547 g/mol. The molecule has 40 heavy (non-hydrogen) atoms. The van der Waals surface area contributed by atoms with Crippen molar-refractivity contribution in [3.63, 3.8) is 0 Å². The maximum absolute atomic E-state index is 12.5. The SMILES string of the molecule is FC(F)(F)Oc1ccc(COc2ccc(-c3cnc4c(-c5nnn[nH]5)cnn4c3C3CCCCC3)cc2)cc1Cl. The average molecular weight is 570 g/mol. The zero-order valence-electron chi connectivity index (χ0n) is 21.0. The summed E-state index contributed by atoms with van der Waals surface area (Å²) in [5.74, 6) is 0.987. The van der Waals surface area contributed by atoms with Crippen molar-refractivity contribution in [2.75, 3.05) is 0 Å². The Hall–Kier alpha value is -4.19. The number of ether oxygens (including phenoxy) is 2. The van der Waals surface area contributed by atoms with E-state index in [9.17, 15) is 13.2 Å². The van der Waals surface area contributed by atoms with Crippen LogP contribution in [0.4, 0.5) is 13.2 Å². The molecule has 2 aromatic carbocycles. The van der Waals surface area contributed by atoms with Gasteiger partial charge < -0.3 is 9.47 Å². The Morgan fingerprint density at radius 3 is 2.50 bits per heavy atom. The Balaban J connectivity index is 1.25. The summed E-state index contributed by atoms with van der Waals surface area (Å²) in [5.41, 5.74) is 5.09. The fraction of sp³-hybridized carbons (Fsp3) is 0.296. The van der Waals surface area contributed by atoms with Crippen LogP contribution in [-0.2, 0) is 6.61 Å². The van der Waals surface area contributed by atoms with E-state index in [1.54, 1.807) is 6.20 Å². The minimum atomic E-state index is -4.81. The fourth-order valence-corrected chi connectivity index (χ4v) is 5.36. The third-order valence-corrected chi connectivity index (χ3v) is 7.24. The molecule has 9 nitrogen and oxygen atoms in total.